The molecule has 21 heavy (non-hydrogen) atoms. The van der Waals surface area contributed by atoms with E-state index < -0.39 is 12.6 Å². The number of carbonyl (C=O) groups is 1. The summed E-state index contributed by atoms with van der Waals surface area (Å²) in [6.07, 6.45) is -5.22. The molecule has 0 bridgehead atoms. The Morgan fingerprint density at radius 1 is 1.14 bits per heavy atom. The summed E-state index contributed by atoms with van der Waals surface area (Å²) in [6, 6.07) is 10.7. The third-order valence-corrected chi connectivity index (χ3v) is 3.11. The van der Waals surface area contributed by atoms with Gasteiger partial charge in [-0.15, -0.1) is 0 Å². The number of halogens is 3. The smallest absolute Gasteiger partial charge is 0.389 e. The molecule has 0 spiro atoms. The minimum absolute atomic E-state index is 0.0756. The number of fused-ring (bicyclic) bond motifs is 1. The highest BCUT2D eigenvalue weighted by Gasteiger charge is 2.26. The molecule has 0 aliphatic heterocycles. The summed E-state index contributed by atoms with van der Waals surface area (Å²) >= 11 is 0. The first-order valence-corrected chi connectivity index (χ1v) is 6.61. The van der Waals surface area contributed by atoms with Crippen molar-refractivity contribution in [3.05, 3.63) is 42.0 Å². The van der Waals surface area contributed by atoms with Gasteiger partial charge in [0.15, 0.2) is 5.78 Å². The minimum atomic E-state index is -4.19. The quantitative estimate of drug-likeness (QED) is 0.587. The molecule has 0 saturated carbocycles. The van der Waals surface area contributed by atoms with Crippen LogP contribution in [0, 0.1) is 0 Å². The molecule has 0 N–H and O–H groups in total. The maximum atomic E-state index is 12.1. The minimum Gasteiger partial charge on any atom is -0.492 e. The standard InChI is InChI=1S/C16H15F3O2/c1-11(20)13-8-7-12-5-2-3-6-14(12)15(13)21-10-4-9-16(17,18)19/h2-3,5-8H,4,9-10H2,1H3. The van der Waals surface area contributed by atoms with Gasteiger partial charge in [0, 0.05) is 11.8 Å². The highest BCUT2D eigenvalue weighted by molar-refractivity contribution is 6.03. The van der Waals surface area contributed by atoms with Crippen molar-refractivity contribution in [2.24, 2.45) is 0 Å². The lowest BCUT2D eigenvalue weighted by molar-refractivity contribution is -0.136. The van der Waals surface area contributed by atoms with Gasteiger partial charge in [-0.2, -0.15) is 13.2 Å². The molecule has 2 aromatic carbocycles. The zero-order chi connectivity index (χ0) is 15.5. The third kappa shape index (κ3) is 3.97. The SMILES string of the molecule is CC(=O)c1ccc2ccccc2c1OCCCC(F)(F)F. The zero-order valence-corrected chi connectivity index (χ0v) is 11.5. The summed E-state index contributed by atoms with van der Waals surface area (Å²) in [4.78, 5) is 11.6. The predicted molar refractivity (Wildman–Crippen MR) is 74.7 cm³/mol. The van der Waals surface area contributed by atoms with Gasteiger partial charge < -0.3 is 4.74 Å². The van der Waals surface area contributed by atoms with Gasteiger partial charge >= 0.3 is 6.18 Å². The van der Waals surface area contributed by atoms with Crippen molar-refractivity contribution in [3.8, 4) is 5.75 Å². The molecule has 2 aromatic rings. The molecular weight excluding hydrogens is 281 g/mol. The van der Waals surface area contributed by atoms with Crippen LogP contribution >= 0.6 is 0 Å². The molecule has 0 aromatic heterocycles. The lowest BCUT2D eigenvalue weighted by Gasteiger charge is -2.13. The van der Waals surface area contributed by atoms with E-state index in [1.54, 1.807) is 24.3 Å². The summed E-state index contributed by atoms with van der Waals surface area (Å²) in [5, 5.41) is 1.62. The lowest BCUT2D eigenvalue weighted by atomic mass is 10.0. The van der Waals surface area contributed by atoms with Gasteiger partial charge in [0.1, 0.15) is 5.75 Å². The normalized spacial score (nSPS) is 11.6. The van der Waals surface area contributed by atoms with Gasteiger partial charge in [0.25, 0.3) is 0 Å². The van der Waals surface area contributed by atoms with E-state index in [4.69, 9.17) is 4.74 Å². The van der Waals surface area contributed by atoms with Crippen LogP contribution in [0.5, 0.6) is 5.75 Å². The molecule has 0 aliphatic rings. The van der Waals surface area contributed by atoms with Crippen LogP contribution in [0.15, 0.2) is 36.4 Å². The van der Waals surface area contributed by atoms with E-state index in [0.29, 0.717) is 11.3 Å². The summed E-state index contributed by atoms with van der Waals surface area (Å²) in [7, 11) is 0. The number of hydrogen-bond acceptors (Lipinski definition) is 2. The van der Waals surface area contributed by atoms with Crippen molar-refractivity contribution in [2.75, 3.05) is 6.61 Å². The maximum absolute atomic E-state index is 12.1. The molecule has 0 heterocycles. The van der Waals surface area contributed by atoms with E-state index in [-0.39, 0.29) is 18.8 Å². The molecular formula is C16H15F3O2. The van der Waals surface area contributed by atoms with Gasteiger partial charge in [0.2, 0.25) is 0 Å². The largest absolute Gasteiger partial charge is 0.492 e. The Balaban J connectivity index is 2.23. The summed E-state index contributed by atoms with van der Waals surface area (Å²) in [6.45, 7) is 1.33. The summed E-state index contributed by atoms with van der Waals surface area (Å²) < 4.78 is 41.9. The van der Waals surface area contributed by atoms with Crippen molar-refractivity contribution in [3.63, 3.8) is 0 Å². The van der Waals surface area contributed by atoms with Crippen molar-refractivity contribution in [1.29, 1.82) is 0 Å². The highest BCUT2D eigenvalue weighted by atomic mass is 19.4. The molecule has 0 amide bonds. The Kier molecular flexibility index (Phi) is 4.50. The highest BCUT2D eigenvalue weighted by Crippen LogP contribution is 2.31. The number of Topliss-reactive ketones (excluding diaryl/α,β-unsaturated/α-hetero) is 1. The molecule has 112 valence electrons. The predicted octanol–water partition coefficient (Wildman–Crippen LogP) is 4.76. The van der Waals surface area contributed by atoms with E-state index >= 15 is 0 Å². The number of rotatable bonds is 5. The van der Waals surface area contributed by atoms with Crippen LogP contribution in [0.1, 0.15) is 30.1 Å². The fourth-order valence-corrected chi connectivity index (χ4v) is 2.12. The first kappa shape index (κ1) is 15.4. The Morgan fingerprint density at radius 3 is 2.52 bits per heavy atom. The van der Waals surface area contributed by atoms with Crippen LogP contribution < -0.4 is 4.74 Å². The van der Waals surface area contributed by atoms with Crippen molar-refractivity contribution < 1.29 is 22.7 Å². The number of carbonyl (C=O) groups excluding carboxylic acids is 1. The number of alkyl halides is 3. The molecule has 0 saturated heterocycles. The van der Waals surface area contributed by atoms with E-state index in [0.717, 1.165) is 10.8 Å². The van der Waals surface area contributed by atoms with Gasteiger partial charge in [-0.25, -0.2) is 0 Å². The van der Waals surface area contributed by atoms with E-state index in [1.165, 1.54) is 6.92 Å². The number of hydrogen-bond donors (Lipinski definition) is 0. The topological polar surface area (TPSA) is 26.3 Å². The second-order valence-electron chi connectivity index (χ2n) is 4.79. The molecule has 0 atom stereocenters. The Morgan fingerprint density at radius 2 is 1.86 bits per heavy atom. The third-order valence-electron chi connectivity index (χ3n) is 3.11. The van der Waals surface area contributed by atoms with Crippen LogP contribution in [0.3, 0.4) is 0 Å². The molecule has 2 rings (SSSR count). The Bertz CT molecular complexity index is 648. The first-order chi connectivity index (χ1) is 9.88. The van der Waals surface area contributed by atoms with Crippen LogP contribution in [0.25, 0.3) is 10.8 Å². The van der Waals surface area contributed by atoms with E-state index in [2.05, 4.69) is 0 Å². The molecule has 5 heteroatoms. The average molecular weight is 296 g/mol. The van der Waals surface area contributed by atoms with Crippen molar-refractivity contribution in [1.82, 2.24) is 0 Å². The van der Waals surface area contributed by atoms with Crippen LogP contribution in [0.4, 0.5) is 13.2 Å². The summed E-state index contributed by atoms with van der Waals surface area (Å²) in [5.74, 6) is 0.189. The fourth-order valence-electron chi connectivity index (χ4n) is 2.12. The maximum Gasteiger partial charge on any atom is 0.389 e. The Hall–Kier alpha value is -2.04. The average Bonchev–Trinajstić information content (AvgIpc) is 2.42. The second kappa shape index (κ2) is 6.16. The van der Waals surface area contributed by atoms with E-state index in [9.17, 15) is 18.0 Å². The number of benzene rings is 2. The monoisotopic (exact) mass is 296 g/mol. The summed E-state index contributed by atoms with van der Waals surface area (Å²) in [5.41, 5.74) is 0.390. The van der Waals surface area contributed by atoms with Crippen molar-refractivity contribution >= 4 is 16.6 Å². The number of ether oxygens (including phenoxy) is 1. The van der Waals surface area contributed by atoms with Gasteiger partial charge in [-0.1, -0.05) is 30.3 Å². The second-order valence-corrected chi connectivity index (χ2v) is 4.79. The fraction of sp³-hybridized carbons (Fsp3) is 0.312. The first-order valence-electron chi connectivity index (χ1n) is 6.61. The molecule has 2 nitrogen and oxygen atoms in total. The molecule has 0 fully saturated rings. The lowest BCUT2D eigenvalue weighted by Crippen LogP contribution is -2.10. The van der Waals surface area contributed by atoms with Crippen molar-refractivity contribution in [2.45, 2.75) is 25.9 Å². The molecule has 0 unspecified atom stereocenters. The van der Waals surface area contributed by atoms with Crippen LogP contribution in [0.2, 0.25) is 0 Å². The Labute approximate surface area is 120 Å². The van der Waals surface area contributed by atoms with Gasteiger partial charge in [0.05, 0.1) is 12.2 Å². The van der Waals surface area contributed by atoms with Crippen LogP contribution in [-0.4, -0.2) is 18.6 Å². The van der Waals surface area contributed by atoms with Gasteiger partial charge in [-0.05, 0) is 24.8 Å². The van der Waals surface area contributed by atoms with E-state index in [1.807, 2.05) is 12.1 Å². The van der Waals surface area contributed by atoms with Gasteiger partial charge in [-0.3, -0.25) is 4.79 Å². The molecule has 0 radical (unpaired) electrons. The molecule has 0 aliphatic carbocycles. The number of ketones is 1. The van der Waals surface area contributed by atoms with Crippen LogP contribution in [-0.2, 0) is 0 Å². The zero-order valence-electron chi connectivity index (χ0n) is 11.5.